The topological polar surface area (TPSA) is 52.6 Å². The van der Waals surface area contributed by atoms with E-state index in [0.717, 1.165) is 23.7 Å². The molecule has 1 aromatic carbocycles. The molecule has 1 aromatic rings. The van der Waals surface area contributed by atoms with E-state index in [1.165, 1.54) is 0 Å². The minimum Gasteiger partial charge on any atom is -0.478 e. The van der Waals surface area contributed by atoms with Gasteiger partial charge in [0.25, 0.3) is 0 Å². The van der Waals surface area contributed by atoms with Gasteiger partial charge in [-0.1, -0.05) is 26.8 Å². The molecule has 21 heavy (non-hydrogen) atoms. The van der Waals surface area contributed by atoms with Crippen molar-refractivity contribution in [3.05, 3.63) is 23.8 Å². The quantitative estimate of drug-likeness (QED) is 0.720. The molecule has 4 nitrogen and oxygen atoms in total. The highest BCUT2D eigenvalue weighted by Crippen LogP contribution is 2.29. The van der Waals surface area contributed by atoms with Crippen molar-refractivity contribution in [2.24, 2.45) is 5.41 Å². The first-order valence-corrected chi connectivity index (χ1v) is 8.13. The third kappa shape index (κ3) is 5.59. The van der Waals surface area contributed by atoms with Gasteiger partial charge in [0.1, 0.15) is 0 Å². The summed E-state index contributed by atoms with van der Waals surface area (Å²) in [6.07, 6.45) is 0. The van der Waals surface area contributed by atoms with Crippen molar-refractivity contribution in [2.75, 3.05) is 38.3 Å². The van der Waals surface area contributed by atoms with Gasteiger partial charge in [0.2, 0.25) is 0 Å². The number of hydrogen-bond donors (Lipinski definition) is 2. The number of aromatic carboxylic acids is 1. The third-order valence-electron chi connectivity index (χ3n) is 3.04. The van der Waals surface area contributed by atoms with E-state index < -0.39 is 5.97 Å². The monoisotopic (exact) mass is 310 g/mol. The number of carbonyl (C=O) groups is 1. The van der Waals surface area contributed by atoms with Crippen LogP contribution in [0.2, 0.25) is 0 Å². The van der Waals surface area contributed by atoms with Crippen molar-refractivity contribution in [3.63, 3.8) is 0 Å². The average molecular weight is 310 g/mol. The van der Waals surface area contributed by atoms with Gasteiger partial charge in [-0.05, 0) is 37.4 Å². The second-order valence-corrected chi connectivity index (χ2v) is 7.48. The van der Waals surface area contributed by atoms with Crippen LogP contribution in [0.4, 0.5) is 5.69 Å². The van der Waals surface area contributed by atoms with E-state index in [4.69, 9.17) is 0 Å². The third-order valence-corrected chi connectivity index (χ3v) is 3.98. The van der Waals surface area contributed by atoms with Crippen LogP contribution < -0.4 is 5.32 Å². The fourth-order valence-electron chi connectivity index (χ4n) is 2.42. The molecular weight excluding hydrogens is 284 g/mol. The van der Waals surface area contributed by atoms with Gasteiger partial charge in [-0.25, -0.2) is 4.79 Å². The standard InChI is InChI=1S/C16H26N2O2S/c1-6-21-13-9-7-8-12(14(13)15(19)20)17-10-16(2,3)11-18(4)5/h7-9,17H,6,10-11H2,1-5H3,(H,19,20). The van der Waals surface area contributed by atoms with Crippen molar-refractivity contribution >= 4 is 23.4 Å². The first kappa shape index (κ1) is 17.9. The van der Waals surface area contributed by atoms with Gasteiger partial charge in [0, 0.05) is 23.7 Å². The molecule has 0 saturated carbocycles. The van der Waals surface area contributed by atoms with Crippen LogP contribution in [0.25, 0.3) is 0 Å². The maximum atomic E-state index is 11.6. The first-order valence-electron chi connectivity index (χ1n) is 7.14. The highest BCUT2D eigenvalue weighted by molar-refractivity contribution is 7.99. The molecule has 1 rings (SSSR count). The second-order valence-electron chi connectivity index (χ2n) is 6.17. The Hall–Kier alpha value is -1.20. The zero-order chi connectivity index (χ0) is 16.0. The fraction of sp³-hybridized carbons (Fsp3) is 0.562. The molecule has 0 amide bonds. The lowest BCUT2D eigenvalue weighted by atomic mass is 9.92. The second kappa shape index (κ2) is 7.71. The minimum absolute atomic E-state index is 0.0627. The van der Waals surface area contributed by atoms with Crippen LogP contribution in [0, 0.1) is 5.41 Å². The number of hydrogen-bond acceptors (Lipinski definition) is 4. The average Bonchev–Trinajstić information content (AvgIpc) is 2.35. The van der Waals surface area contributed by atoms with E-state index in [1.54, 1.807) is 11.8 Å². The Morgan fingerprint density at radius 1 is 1.38 bits per heavy atom. The molecule has 0 radical (unpaired) electrons. The summed E-state index contributed by atoms with van der Waals surface area (Å²) in [6, 6.07) is 5.62. The van der Waals surface area contributed by atoms with Crippen molar-refractivity contribution in [1.82, 2.24) is 4.90 Å². The summed E-state index contributed by atoms with van der Waals surface area (Å²) >= 11 is 1.56. The van der Waals surface area contributed by atoms with Crippen LogP contribution in [-0.4, -0.2) is 48.9 Å². The number of carboxylic acid groups (broad SMARTS) is 1. The molecule has 0 spiro atoms. The summed E-state index contributed by atoms with van der Waals surface area (Å²) in [4.78, 5) is 14.5. The normalized spacial score (nSPS) is 11.7. The Balaban J connectivity index is 2.93. The SMILES string of the molecule is CCSc1cccc(NCC(C)(C)CN(C)C)c1C(=O)O. The molecule has 0 saturated heterocycles. The highest BCUT2D eigenvalue weighted by atomic mass is 32.2. The van der Waals surface area contributed by atoms with Gasteiger partial charge in [-0.2, -0.15) is 0 Å². The Morgan fingerprint density at radius 3 is 2.57 bits per heavy atom. The first-order chi connectivity index (χ1) is 9.76. The molecule has 0 unspecified atom stereocenters. The largest absolute Gasteiger partial charge is 0.478 e. The van der Waals surface area contributed by atoms with E-state index >= 15 is 0 Å². The molecule has 0 aromatic heterocycles. The Bertz CT molecular complexity index is 487. The highest BCUT2D eigenvalue weighted by Gasteiger charge is 2.21. The number of benzene rings is 1. The molecule has 5 heteroatoms. The summed E-state index contributed by atoms with van der Waals surface area (Å²) in [5, 5.41) is 12.8. The molecule has 0 aliphatic rings. The van der Waals surface area contributed by atoms with Crippen molar-refractivity contribution in [3.8, 4) is 0 Å². The molecule has 0 aliphatic carbocycles. The van der Waals surface area contributed by atoms with Crippen LogP contribution in [0.15, 0.2) is 23.1 Å². The molecule has 0 bridgehead atoms. The number of nitrogens with one attached hydrogen (secondary N) is 1. The summed E-state index contributed by atoms with van der Waals surface area (Å²) in [6.45, 7) is 8.03. The Morgan fingerprint density at radius 2 is 2.05 bits per heavy atom. The fourth-order valence-corrected chi connectivity index (χ4v) is 3.25. The number of nitrogens with zero attached hydrogens (tertiary/aromatic N) is 1. The summed E-state index contributed by atoms with van der Waals surface area (Å²) in [7, 11) is 4.09. The summed E-state index contributed by atoms with van der Waals surface area (Å²) in [5.41, 5.74) is 1.14. The molecular formula is C16H26N2O2S. The van der Waals surface area contributed by atoms with Crippen LogP contribution in [0.5, 0.6) is 0 Å². The van der Waals surface area contributed by atoms with Gasteiger partial charge in [0.15, 0.2) is 0 Å². The van der Waals surface area contributed by atoms with Crippen molar-refractivity contribution in [1.29, 1.82) is 0 Å². The van der Waals surface area contributed by atoms with Gasteiger partial charge in [-0.15, -0.1) is 11.8 Å². The van der Waals surface area contributed by atoms with E-state index in [9.17, 15) is 9.90 Å². The molecule has 0 atom stereocenters. The smallest absolute Gasteiger partial charge is 0.338 e. The van der Waals surface area contributed by atoms with E-state index in [-0.39, 0.29) is 5.41 Å². The molecule has 118 valence electrons. The van der Waals surface area contributed by atoms with Gasteiger partial charge in [-0.3, -0.25) is 0 Å². The van der Waals surface area contributed by atoms with Gasteiger partial charge >= 0.3 is 5.97 Å². The number of anilines is 1. The number of carboxylic acids is 1. The van der Waals surface area contributed by atoms with Crippen LogP contribution in [0.3, 0.4) is 0 Å². The number of thioether (sulfide) groups is 1. The van der Waals surface area contributed by atoms with Crippen LogP contribution in [-0.2, 0) is 0 Å². The zero-order valence-electron chi connectivity index (χ0n) is 13.6. The molecule has 0 heterocycles. The maximum absolute atomic E-state index is 11.6. The van der Waals surface area contributed by atoms with Gasteiger partial charge < -0.3 is 15.3 Å². The lowest BCUT2D eigenvalue weighted by Gasteiger charge is -2.29. The lowest BCUT2D eigenvalue weighted by Crippen LogP contribution is -2.34. The molecule has 0 fully saturated rings. The van der Waals surface area contributed by atoms with E-state index in [0.29, 0.717) is 11.3 Å². The zero-order valence-corrected chi connectivity index (χ0v) is 14.4. The van der Waals surface area contributed by atoms with Crippen LogP contribution >= 0.6 is 11.8 Å². The lowest BCUT2D eigenvalue weighted by molar-refractivity contribution is 0.0694. The van der Waals surface area contributed by atoms with E-state index in [1.807, 2.05) is 39.2 Å². The van der Waals surface area contributed by atoms with Crippen molar-refractivity contribution in [2.45, 2.75) is 25.7 Å². The summed E-state index contributed by atoms with van der Waals surface area (Å²) in [5.74, 6) is -0.0185. The van der Waals surface area contributed by atoms with Gasteiger partial charge in [0.05, 0.1) is 5.56 Å². The minimum atomic E-state index is -0.875. The predicted molar refractivity (Wildman–Crippen MR) is 90.6 cm³/mol. The van der Waals surface area contributed by atoms with Crippen LogP contribution in [0.1, 0.15) is 31.1 Å². The summed E-state index contributed by atoms with van der Waals surface area (Å²) < 4.78 is 0. The molecule has 0 aliphatic heterocycles. The Labute approximate surface area is 131 Å². The van der Waals surface area contributed by atoms with Crippen molar-refractivity contribution < 1.29 is 9.90 Å². The maximum Gasteiger partial charge on any atom is 0.338 e. The van der Waals surface area contributed by atoms with E-state index in [2.05, 4.69) is 24.1 Å². The Kier molecular flexibility index (Phi) is 6.55. The molecule has 2 N–H and O–H groups in total. The predicted octanol–water partition coefficient (Wildman–Crippen LogP) is 3.50. The number of rotatable bonds is 8.